The third kappa shape index (κ3) is 3.38. The van der Waals surface area contributed by atoms with Crippen LogP contribution in [0, 0.1) is 6.92 Å². The fourth-order valence-electron chi connectivity index (χ4n) is 2.07. The summed E-state index contributed by atoms with van der Waals surface area (Å²) in [6.07, 6.45) is 1.53. The van der Waals surface area contributed by atoms with Gasteiger partial charge in [0, 0.05) is 5.56 Å². The van der Waals surface area contributed by atoms with E-state index >= 15 is 0 Å². The average molecular weight is 309 g/mol. The molecule has 1 aromatic carbocycles. The van der Waals surface area contributed by atoms with E-state index < -0.39 is 0 Å². The summed E-state index contributed by atoms with van der Waals surface area (Å²) in [5, 5.41) is 4.85. The van der Waals surface area contributed by atoms with Crippen molar-refractivity contribution in [3.63, 3.8) is 0 Å². The summed E-state index contributed by atoms with van der Waals surface area (Å²) in [4.78, 5) is 21.2. The van der Waals surface area contributed by atoms with Crippen molar-refractivity contribution < 1.29 is 4.79 Å². The maximum atomic E-state index is 12.0. The second-order valence-electron chi connectivity index (χ2n) is 4.93. The monoisotopic (exact) mass is 309 g/mol. The number of carbonyl (C=O) groups excluding carboxylic acids is 1. The summed E-state index contributed by atoms with van der Waals surface area (Å²) >= 11 is 1.45. The Morgan fingerprint density at radius 3 is 2.73 bits per heavy atom. The fraction of sp³-hybridized carbons (Fsp3) is 0.118. The van der Waals surface area contributed by atoms with E-state index in [0.29, 0.717) is 6.54 Å². The van der Waals surface area contributed by atoms with E-state index in [2.05, 4.69) is 15.3 Å². The number of thiophene rings is 1. The first-order chi connectivity index (χ1) is 10.7. The van der Waals surface area contributed by atoms with Gasteiger partial charge >= 0.3 is 0 Å². The van der Waals surface area contributed by atoms with Gasteiger partial charge in [0.15, 0.2) is 0 Å². The van der Waals surface area contributed by atoms with Crippen LogP contribution in [-0.4, -0.2) is 15.9 Å². The zero-order valence-corrected chi connectivity index (χ0v) is 12.9. The van der Waals surface area contributed by atoms with Crippen LogP contribution in [0.3, 0.4) is 0 Å². The molecule has 1 N–H and O–H groups in total. The van der Waals surface area contributed by atoms with Crippen molar-refractivity contribution in [1.82, 2.24) is 15.3 Å². The van der Waals surface area contributed by atoms with Gasteiger partial charge in [0.05, 0.1) is 22.8 Å². The molecular weight excluding hydrogens is 294 g/mol. The first kappa shape index (κ1) is 14.4. The quantitative estimate of drug-likeness (QED) is 0.803. The number of rotatable bonds is 4. The Kier molecular flexibility index (Phi) is 4.25. The minimum Gasteiger partial charge on any atom is -0.346 e. The molecule has 22 heavy (non-hydrogen) atoms. The van der Waals surface area contributed by atoms with Crippen molar-refractivity contribution in [3.05, 3.63) is 70.3 Å². The summed E-state index contributed by atoms with van der Waals surface area (Å²) in [7, 11) is 0. The number of hydrogen-bond donors (Lipinski definition) is 1. The van der Waals surface area contributed by atoms with Crippen molar-refractivity contribution in [3.8, 4) is 11.3 Å². The largest absolute Gasteiger partial charge is 0.346 e. The molecule has 2 aromatic heterocycles. The highest BCUT2D eigenvalue weighted by atomic mass is 32.1. The van der Waals surface area contributed by atoms with Gasteiger partial charge in [0.2, 0.25) is 0 Å². The van der Waals surface area contributed by atoms with Gasteiger partial charge in [-0.15, -0.1) is 11.3 Å². The Hall–Kier alpha value is -2.53. The molecule has 0 saturated carbocycles. The van der Waals surface area contributed by atoms with Crippen molar-refractivity contribution in [2.45, 2.75) is 13.5 Å². The van der Waals surface area contributed by atoms with Crippen LogP contribution < -0.4 is 5.32 Å². The number of aromatic nitrogens is 2. The van der Waals surface area contributed by atoms with Crippen molar-refractivity contribution in [1.29, 1.82) is 0 Å². The number of hydrogen-bond acceptors (Lipinski definition) is 4. The summed E-state index contributed by atoms with van der Waals surface area (Å²) < 4.78 is 0. The Balaban J connectivity index is 1.70. The van der Waals surface area contributed by atoms with E-state index in [9.17, 15) is 4.79 Å². The van der Waals surface area contributed by atoms with Crippen molar-refractivity contribution >= 4 is 17.2 Å². The number of benzene rings is 1. The summed E-state index contributed by atoms with van der Waals surface area (Å²) in [5.74, 6) is -0.0713. The highest BCUT2D eigenvalue weighted by molar-refractivity contribution is 7.12. The molecule has 3 aromatic rings. The molecule has 0 aliphatic heterocycles. The second-order valence-corrected chi connectivity index (χ2v) is 5.84. The van der Waals surface area contributed by atoms with Crippen molar-refractivity contribution in [2.75, 3.05) is 0 Å². The van der Waals surface area contributed by atoms with E-state index in [1.54, 1.807) is 0 Å². The topological polar surface area (TPSA) is 54.9 Å². The summed E-state index contributed by atoms with van der Waals surface area (Å²) in [6, 6.07) is 13.7. The second kappa shape index (κ2) is 6.49. The predicted octanol–water partition coefficient (Wildman–Crippen LogP) is 3.44. The highest BCUT2D eigenvalue weighted by Gasteiger charge is 2.08. The molecule has 2 heterocycles. The van der Waals surface area contributed by atoms with Gasteiger partial charge < -0.3 is 5.32 Å². The maximum absolute atomic E-state index is 12.0. The Labute approximate surface area is 132 Å². The molecule has 3 rings (SSSR count). The Morgan fingerprint density at radius 2 is 2.00 bits per heavy atom. The van der Waals surface area contributed by atoms with E-state index in [1.807, 2.05) is 54.8 Å². The van der Waals surface area contributed by atoms with Gasteiger partial charge in [-0.25, -0.2) is 9.97 Å². The molecule has 0 radical (unpaired) electrons. The first-order valence-electron chi connectivity index (χ1n) is 6.92. The molecule has 0 aliphatic rings. The molecule has 4 nitrogen and oxygen atoms in total. The molecule has 0 spiro atoms. The van der Waals surface area contributed by atoms with Crippen LogP contribution >= 0.6 is 11.3 Å². The number of amides is 1. The van der Waals surface area contributed by atoms with E-state index in [1.165, 1.54) is 17.7 Å². The van der Waals surface area contributed by atoms with Gasteiger partial charge in [0.1, 0.15) is 6.33 Å². The third-order valence-corrected chi connectivity index (χ3v) is 4.22. The standard InChI is InChI=1S/C17H15N3OS/c1-12-7-16(22-10-12)17(21)18-9-14-8-15(20-11-19-14)13-5-3-2-4-6-13/h2-8,10-11H,9H2,1H3,(H,18,21). The predicted molar refractivity (Wildman–Crippen MR) is 87.7 cm³/mol. The van der Waals surface area contributed by atoms with Crippen LogP contribution in [0.15, 0.2) is 54.2 Å². The van der Waals surface area contributed by atoms with Crippen LogP contribution in [0.2, 0.25) is 0 Å². The molecule has 1 amide bonds. The molecular formula is C17H15N3OS. The van der Waals surface area contributed by atoms with Gasteiger partial charge in [0.25, 0.3) is 5.91 Å². The zero-order chi connectivity index (χ0) is 15.4. The average Bonchev–Trinajstić information content (AvgIpc) is 3.00. The highest BCUT2D eigenvalue weighted by Crippen LogP contribution is 2.16. The van der Waals surface area contributed by atoms with Crippen LogP contribution in [0.4, 0.5) is 0 Å². The zero-order valence-electron chi connectivity index (χ0n) is 12.1. The van der Waals surface area contributed by atoms with E-state index in [-0.39, 0.29) is 5.91 Å². The lowest BCUT2D eigenvalue weighted by Gasteiger charge is -2.05. The van der Waals surface area contributed by atoms with Gasteiger partial charge in [-0.2, -0.15) is 0 Å². The summed E-state index contributed by atoms with van der Waals surface area (Å²) in [6.45, 7) is 2.36. The molecule has 5 heteroatoms. The minimum absolute atomic E-state index is 0.0713. The SMILES string of the molecule is Cc1csc(C(=O)NCc2cc(-c3ccccc3)ncn2)c1. The van der Waals surface area contributed by atoms with Gasteiger partial charge in [-0.3, -0.25) is 4.79 Å². The van der Waals surface area contributed by atoms with E-state index in [0.717, 1.165) is 27.4 Å². The Morgan fingerprint density at radius 1 is 1.18 bits per heavy atom. The number of nitrogens with zero attached hydrogens (tertiary/aromatic N) is 2. The van der Waals surface area contributed by atoms with Gasteiger partial charge in [-0.05, 0) is 30.0 Å². The van der Waals surface area contributed by atoms with Crippen LogP contribution in [-0.2, 0) is 6.54 Å². The molecule has 0 aliphatic carbocycles. The Bertz CT molecular complexity index is 783. The fourth-order valence-corrected chi connectivity index (χ4v) is 2.88. The lowest BCUT2D eigenvalue weighted by Crippen LogP contribution is -2.22. The molecule has 110 valence electrons. The normalized spacial score (nSPS) is 10.4. The molecule has 0 bridgehead atoms. The first-order valence-corrected chi connectivity index (χ1v) is 7.80. The smallest absolute Gasteiger partial charge is 0.261 e. The van der Waals surface area contributed by atoms with Gasteiger partial charge in [-0.1, -0.05) is 30.3 Å². The van der Waals surface area contributed by atoms with Crippen LogP contribution in [0.25, 0.3) is 11.3 Å². The van der Waals surface area contributed by atoms with Crippen molar-refractivity contribution in [2.24, 2.45) is 0 Å². The number of nitrogens with one attached hydrogen (secondary N) is 1. The third-order valence-electron chi connectivity index (χ3n) is 3.18. The lowest BCUT2D eigenvalue weighted by atomic mass is 10.1. The molecule has 0 saturated heterocycles. The van der Waals surface area contributed by atoms with Crippen LogP contribution in [0.5, 0.6) is 0 Å². The number of aryl methyl sites for hydroxylation is 1. The minimum atomic E-state index is -0.0713. The molecule has 0 atom stereocenters. The lowest BCUT2D eigenvalue weighted by molar-refractivity contribution is 0.0954. The molecule has 0 fully saturated rings. The molecule has 0 unspecified atom stereocenters. The summed E-state index contributed by atoms with van der Waals surface area (Å²) in [5.41, 5.74) is 3.78. The number of carbonyl (C=O) groups is 1. The van der Waals surface area contributed by atoms with E-state index in [4.69, 9.17) is 0 Å². The van der Waals surface area contributed by atoms with Crippen LogP contribution in [0.1, 0.15) is 20.9 Å². The maximum Gasteiger partial charge on any atom is 0.261 e.